The first-order chi connectivity index (χ1) is 9.26. The van der Waals surface area contributed by atoms with Gasteiger partial charge < -0.3 is 15.3 Å². The SMILES string of the molecule is CNc1ccc(C(=O)N2CCCCC2CCO)nn1. The van der Waals surface area contributed by atoms with E-state index in [4.69, 9.17) is 5.11 Å². The summed E-state index contributed by atoms with van der Waals surface area (Å²) in [6.45, 7) is 0.845. The minimum absolute atomic E-state index is 0.0895. The Morgan fingerprint density at radius 2 is 2.32 bits per heavy atom. The second kappa shape index (κ2) is 6.47. The standard InChI is InChI=1S/C13H20N4O2/c1-14-12-6-5-11(15-16-12)13(19)17-8-3-2-4-10(17)7-9-18/h5-6,10,18H,2-4,7-9H2,1H3,(H,14,16). The highest BCUT2D eigenvalue weighted by atomic mass is 16.3. The molecule has 1 unspecified atom stereocenters. The lowest BCUT2D eigenvalue weighted by atomic mass is 9.99. The molecule has 19 heavy (non-hydrogen) atoms. The first-order valence-electron chi connectivity index (χ1n) is 6.69. The van der Waals surface area contributed by atoms with Crippen LogP contribution >= 0.6 is 0 Å². The molecule has 1 aliphatic rings. The van der Waals surface area contributed by atoms with Crippen LogP contribution in [-0.4, -0.2) is 52.4 Å². The van der Waals surface area contributed by atoms with Crippen molar-refractivity contribution in [3.8, 4) is 0 Å². The van der Waals surface area contributed by atoms with Gasteiger partial charge in [-0.15, -0.1) is 10.2 Å². The third-order valence-corrected chi connectivity index (χ3v) is 3.49. The molecule has 0 bridgehead atoms. The summed E-state index contributed by atoms with van der Waals surface area (Å²) in [4.78, 5) is 14.2. The van der Waals surface area contributed by atoms with Gasteiger partial charge in [0.2, 0.25) is 0 Å². The van der Waals surface area contributed by atoms with E-state index in [1.165, 1.54) is 0 Å². The van der Waals surface area contributed by atoms with Crippen molar-refractivity contribution in [2.75, 3.05) is 25.5 Å². The predicted octanol–water partition coefficient (Wildman–Crippen LogP) is 0.895. The molecule has 1 amide bonds. The maximum absolute atomic E-state index is 12.4. The van der Waals surface area contributed by atoms with Crippen molar-refractivity contribution in [1.29, 1.82) is 0 Å². The van der Waals surface area contributed by atoms with Gasteiger partial charge in [-0.1, -0.05) is 0 Å². The van der Waals surface area contributed by atoms with Crippen molar-refractivity contribution in [1.82, 2.24) is 15.1 Å². The molecule has 2 rings (SSSR count). The maximum atomic E-state index is 12.4. The molecule has 6 nitrogen and oxygen atoms in total. The van der Waals surface area contributed by atoms with Gasteiger partial charge in [0.15, 0.2) is 5.69 Å². The van der Waals surface area contributed by atoms with Gasteiger partial charge in [0.25, 0.3) is 5.91 Å². The van der Waals surface area contributed by atoms with Gasteiger partial charge in [-0.2, -0.15) is 0 Å². The summed E-state index contributed by atoms with van der Waals surface area (Å²) in [5.41, 5.74) is 0.365. The third kappa shape index (κ3) is 3.20. The molecule has 2 N–H and O–H groups in total. The van der Waals surface area contributed by atoms with E-state index in [9.17, 15) is 4.79 Å². The average Bonchev–Trinajstić information content (AvgIpc) is 2.47. The van der Waals surface area contributed by atoms with Gasteiger partial charge in [0.1, 0.15) is 5.82 Å². The predicted molar refractivity (Wildman–Crippen MR) is 72.0 cm³/mol. The Kier molecular flexibility index (Phi) is 4.68. The second-order valence-electron chi connectivity index (χ2n) is 4.71. The molecule has 1 fully saturated rings. The molecular weight excluding hydrogens is 244 g/mol. The molecule has 1 aromatic rings. The number of aromatic nitrogens is 2. The molecule has 0 spiro atoms. The average molecular weight is 264 g/mol. The molecule has 0 saturated carbocycles. The molecular formula is C13H20N4O2. The molecule has 6 heteroatoms. The minimum Gasteiger partial charge on any atom is -0.396 e. The summed E-state index contributed by atoms with van der Waals surface area (Å²) in [5, 5.41) is 19.8. The van der Waals surface area contributed by atoms with E-state index in [0.717, 1.165) is 25.8 Å². The number of likely N-dealkylation sites (tertiary alicyclic amines) is 1. The van der Waals surface area contributed by atoms with Crippen molar-refractivity contribution >= 4 is 11.7 Å². The summed E-state index contributed by atoms with van der Waals surface area (Å²) in [5.74, 6) is 0.551. The third-order valence-electron chi connectivity index (χ3n) is 3.49. The van der Waals surface area contributed by atoms with Crippen molar-refractivity contribution in [2.24, 2.45) is 0 Å². The van der Waals surface area contributed by atoms with E-state index in [1.807, 2.05) is 4.90 Å². The number of rotatable bonds is 4. The highest BCUT2D eigenvalue weighted by Gasteiger charge is 2.27. The van der Waals surface area contributed by atoms with E-state index in [0.29, 0.717) is 17.9 Å². The zero-order valence-corrected chi connectivity index (χ0v) is 11.2. The summed E-state index contributed by atoms with van der Waals surface area (Å²) in [6, 6.07) is 3.55. The van der Waals surface area contributed by atoms with Crippen molar-refractivity contribution in [3.05, 3.63) is 17.8 Å². The number of piperidine rings is 1. The number of carbonyl (C=O) groups excluding carboxylic acids is 1. The van der Waals surface area contributed by atoms with Crippen LogP contribution in [0.2, 0.25) is 0 Å². The Bertz CT molecular complexity index is 419. The zero-order chi connectivity index (χ0) is 13.7. The van der Waals surface area contributed by atoms with E-state index in [2.05, 4.69) is 15.5 Å². The summed E-state index contributed by atoms with van der Waals surface area (Å²) in [6.07, 6.45) is 3.70. The van der Waals surface area contributed by atoms with Crippen molar-refractivity contribution in [3.63, 3.8) is 0 Å². The Hall–Kier alpha value is -1.69. The Morgan fingerprint density at radius 3 is 2.95 bits per heavy atom. The van der Waals surface area contributed by atoms with Crippen LogP contribution in [0.15, 0.2) is 12.1 Å². The first kappa shape index (κ1) is 13.7. The monoisotopic (exact) mass is 264 g/mol. The number of aliphatic hydroxyl groups excluding tert-OH is 1. The lowest BCUT2D eigenvalue weighted by Gasteiger charge is -2.35. The molecule has 1 saturated heterocycles. The first-order valence-corrected chi connectivity index (χ1v) is 6.69. The molecule has 0 aliphatic carbocycles. The number of carbonyl (C=O) groups is 1. The fourth-order valence-corrected chi connectivity index (χ4v) is 2.44. The summed E-state index contributed by atoms with van der Waals surface area (Å²) in [7, 11) is 1.76. The van der Waals surface area contributed by atoms with Gasteiger partial charge in [-0.25, -0.2) is 0 Å². The number of hydrogen-bond acceptors (Lipinski definition) is 5. The second-order valence-corrected chi connectivity index (χ2v) is 4.71. The van der Waals surface area contributed by atoms with Crippen LogP contribution in [0.4, 0.5) is 5.82 Å². The number of hydrogen-bond donors (Lipinski definition) is 2. The lowest BCUT2D eigenvalue weighted by Crippen LogP contribution is -2.44. The van der Waals surface area contributed by atoms with Crippen molar-refractivity contribution < 1.29 is 9.90 Å². The van der Waals surface area contributed by atoms with E-state index in [1.54, 1.807) is 19.2 Å². The van der Waals surface area contributed by atoms with E-state index in [-0.39, 0.29) is 18.6 Å². The fraction of sp³-hybridized carbons (Fsp3) is 0.615. The maximum Gasteiger partial charge on any atom is 0.274 e. The highest BCUT2D eigenvalue weighted by Crippen LogP contribution is 2.21. The quantitative estimate of drug-likeness (QED) is 0.844. The Balaban J connectivity index is 2.11. The fourth-order valence-electron chi connectivity index (χ4n) is 2.44. The van der Waals surface area contributed by atoms with Gasteiger partial charge in [-0.05, 0) is 37.8 Å². The zero-order valence-electron chi connectivity index (χ0n) is 11.2. The topological polar surface area (TPSA) is 78.4 Å². The number of aliphatic hydroxyl groups is 1. The number of nitrogens with one attached hydrogen (secondary N) is 1. The van der Waals surface area contributed by atoms with Crippen LogP contribution < -0.4 is 5.32 Å². The molecule has 0 radical (unpaired) electrons. The largest absolute Gasteiger partial charge is 0.396 e. The molecule has 104 valence electrons. The van der Waals surface area contributed by atoms with Crippen LogP contribution in [0.25, 0.3) is 0 Å². The van der Waals surface area contributed by atoms with Crippen molar-refractivity contribution in [2.45, 2.75) is 31.7 Å². The minimum atomic E-state index is -0.0895. The molecule has 1 aliphatic heterocycles. The number of anilines is 1. The van der Waals surface area contributed by atoms with Gasteiger partial charge in [-0.3, -0.25) is 4.79 Å². The molecule has 2 heterocycles. The van der Waals surface area contributed by atoms with Crippen LogP contribution in [0.1, 0.15) is 36.2 Å². The Labute approximate surface area is 112 Å². The van der Waals surface area contributed by atoms with Crippen LogP contribution in [0.5, 0.6) is 0 Å². The summed E-state index contributed by atoms with van der Waals surface area (Å²) < 4.78 is 0. The normalized spacial score (nSPS) is 19.3. The number of amides is 1. The molecule has 1 atom stereocenters. The smallest absolute Gasteiger partial charge is 0.274 e. The number of nitrogens with zero attached hydrogens (tertiary/aromatic N) is 3. The molecule has 1 aromatic heterocycles. The highest BCUT2D eigenvalue weighted by molar-refractivity contribution is 5.92. The van der Waals surface area contributed by atoms with E-state index >= 15 is 0 Å². The lowest BCUT2D eigenvalue weighted by molar-refractivity contribution is 0.0567. The molecule has 0 aromatic carbocycles. The Morgan fingerprint density at radius 1 is 1.47 bits per heavy atom. The van der Waals surface area contributed by atoms with Gasteiger partial charge in [0.05, 0.1) is 0 Å². The van der Waals surface area contributed by atoms with Gasteiger partial charge >= 0.3 is 0 Å². The van der Waals surface area contributed by atoms with Crippen LogP contribution in [0.3, 0.4) is 0 Å². The summed E-state index contributed by atoms with van der Waals surface area (Å²) >= 11 is 0. The van der Waals surface area contributed by atoms with E-state index < -0.39 is 0 Å². The van der Waals surface area contributed by atoms with Crippen LogP contribution in [0, 0.1) is 0 Å². The van der Waals surface area contributed by atoms with Gasteiger partial charge in [0, 0.05) is 26.2 Å². The van der Waals surface area contributed by atoms with Crippen LogP contribution in [-0.2, 0) is 0 Å².